The van der Waals surface area contributed by atoms with Gasteiger partial charge in [-0.25, -0.2) is 0 Å². The van der Waals surface area contributed by atoms with Crippen LogP contribution < -0.4 is 5.32 Å². The van der Waals surface area contributed by atoms with Crippen LogP contribution in [-0.4, -0.2) is 50.8 Å². The van der Waals surface area contributed by atoms with Gasteiger partial charge in [-0.1, -0.05) is 13.8 Å². The largest absolute Gasteiger partial charge is 0.378 e. The molecule has 0 bridgehead atoms. The molecule has 2 atom stereocenters. The number of ether oxygens (including phenoxy) is 1. The summed E-state index contributed by atoms with van der Waals surface area (Å²) in [7, 11) is 4.28. The Bertz CT molecular complexity index is 134. The average molecular weight is 186 g/mol. The molecule has 13 heavy (non-hydrogen) atoms. The molecule has 1 aliphatic heterocycles. The van der Waals surface area contributed by atoms with Crippen LogP contribution in [0.5, 0.6) is 0 Å². The van der Waals surface area contributed by atoms with Gasteiger partial charge >= 0.3 is 0 Å². The van der Waals surface area contributed by atoms with Crippen LogP contribution in [-0.2, 0) is 4.74 Å². The highest BCUT2D eigenvalue weighted by Gasteiger charge is 2.27. The summed E-state index contributed by atoms with van der Waals surface area (Å²) in [5, 5.41) is 3.52. The summed E-state index contributed by atoms with van der Waals surface area (Å²) in [6.07, 6.45) is 0. The number of nitrogens with one attached hydrogen (secondary N) is 1. The lowest BCUT2D eigenvalue weighted by molar-refractivity contribution is 0.0347. The Balaban J connectivity index is 2.52. The van der Waals surface area contributed by atoms with Gasteiger partial charge in [-0.3, -0.25) is 0 Å². The van der Waals surface area contributed by atoms with Crippen molar-refractivity contribution in [3.63, 3.8) is 0 Å². The zero-order valence-electron chi connectivity index (χ0n) is 9.21. The molecule has 0 aliphatic carbocycles. The number of hydrogen-bond donors (Lipinski definition) is 1. The Labute approximate surface area is 81.4 Å². The molecule has 0 aromatic heterocycles. The van der Waals surface area contributed by atoms with Gasteiger partial charge in [0.1, 0.15) is 0 Å². The summed E-state index contributed by atoms with van der Waals surface area (Å²) in [6.45, 7) is 7.22. The Hall–Kier alpha value is -0.120. The van der Waals surface area contributed by atoms with Gasteiger partial charge in [0.25, 0.3) is 0 Å². The molecule has 1 heterocycles. The van der Waals surface area contributed by atoms with Crippen molar-refractivity contribution < 1.29 is 4.74 Å². The van der Waals surface area contributed by atoms with Crippen LogP contribution in [0.2, 0.25) is 0 Å². The molecular formula is C10H22N2O. The van der Waals surface area contributed by atoms with Gasteiger partial charge in [0.15, 0.2) is 0 Å². The zero-order valence-corrected chi connectivity index (χ0v) is 9.21. The normalized spacial score (nSPS) is 26.8. The Morgan fingerprint density at radius 3 is 2.46 bits per heavy atom. The molecule has 1 saturated heterocycles. The molecular weight excluding hydrogens is 164 g/mol. The fourth-order valence-corrected chi connectivity index (χ4v) is 2.23. The molecule has 3 nitrogen and oxygen atoms in total. The molecule has 0 radical (unpaired) electrons. The maximum Gasteiger partial charge on any atom is 0.0635 e. The van der Waals surface area contributed by atoms with Crippen molar-refractivity contribution in [3.05, 3.63) is 0 Å². The molecule has 78 valence electrons. The predicted molar refractivity (Wildman–Crippen MR) is 54.9 cm³/mol. The van der Waals surface area contributed by atoms with Gasteiger partial charge in [0.05, 0.1) is 13.2 Å². The van der Waals surface area contributed by atoms with E-state index in [0.717, 1.165) is 19.8 Å². The Morgan fingerprint density at radius 1 is 1.38 bits per heavy atom. The highest BCUT2D eigenvalue weighted by Crippen LogP contribution is 2.13. The minimum absolute atomic E-state index is 0.490. The molecule has 1 aliphatic rings. The number of hydrogen-bond acceptors (Lipinski definition) is 3. The van der Waals surface area contributed by atoms with Crippen molar-refractivity contribution in [1.82, 2.24) is 10.2 Å². The number of nitrogens with zero attached hydrogens (tertiary/aromatic N) is 1. The van der Waals surface area contributed by atoms with Crippen molar-refractivity contribution >= 4 is 0 Å². The minimum Gasteiger partial charge on any atom is -0.378 e. The summed E-state index contributed by atoms with van der Waals surface area (Å²) in [5.41, 5.74) is 0. The van der Waals surface area contributed by atoms with E-state index in [1.807, 2.05) is 0 Å². The third-order valence-corrected chi connectivity index (χ3v) is 2.64. The average Bonchev–Trinajstić information content (AvgIpc) is 2.04. The molecule has 1 N–H and O–H groups in total. The second-order valence-electron chi connectivity index (χ2n) is 4.33. The second kappa shape index (κ2) is 4.94. The van der Waals surface area contributed by atoms with Crippen molar-refractivity contribution in [2.75, 3.05) is 33.9 Å². The molecule has 0 saturated carbocycles. The Kier molecular flexibility index (Phi) is 4.16. The van der Waals surface area contributed by atoms with Crippen LogP contribution in [0.4, 0.5) is 0 Å². The maximum atomic E-state index is 5.47. The summed E-state index contributed by atoms with van der Waals surface area (Å²) < 4.78 is 5.47. The first-order chi connectivity index (χ1) is 6.13. The molecule has 3 heteroatoms. The van der Waals surface area contributed by atoms with Crippen LogP contribution >= 0.6 is 0 Å². The van der Waals surface area contributed by atoms with E-state index in [1.54, 1.807) is 0 Å². The van der Waals surface area contributed by atoms with E-state index in [9.17, 15) is 0 Å². The first kappa shape index (κ1) is 11.0. The predicted octanol–water partition coefficient (Wildman–Crippen LogP) is 0.561. The molecule has 0 aromatic carbocycles. The van der Waals surface area contributed by atoms with Crippen LogP contribution in [0, 0.1) is 5.92 Å². The van der Waals surface area contributed by atoms with Gasteiger partial charge in [-0.05, 0) is 20.0 Å². The topological polar surface area (TPSA) is 24.5 Å². The van der Waals surface area contributed by atoms with E-state index in [-0.39, 0.29) is 0 Å². The van der Waals surface area contributed by atoms with Crippen LogP contribution in [0.15, 0.2) is 0 Å². The van der Waals surface area contributed by atoms with Crippen LogP contribution in [0.25, 0.3) is 0 Å². The lowest BCUT2D eigenvalue weighted by Crippen LogP contribution is -2.55. The molecule has 0 amide bonds. The highest BCUT2D eigenvalue weighted by molar-refractivity contribution is 4.86. The fraction of sp³-hybridized carbons (Fsp3) is 1.00. The lowest BCUT2D eigenvalue weighted by atomic mass is 9.95. The summed E-state index contributed by atoms with van der Waals surface area (Å²) in [4.78, 5) is 2.29. The maximum absolute atomic E-state index is 5.47. The van der Waals surface area contributed by atoms with Crippen molar-refractivity contribution in [2.24, 2.45) is 5.92 Å². The van der Waals surface area contributed by atoms with E-state index in [1.165, 1.54) is 0 Å². The second-order valence-corrected chi connectivity index (χ2v) is 4.33. The monoisotopic (exact) mass is 186 g/mol. The number of morpholine rings is 1. The molecule has 1 rings (SSSR count). The van der Waals surface area contributed by atoms with Gasteiger partial charge in [-0.15, -0.1) is 0 Å². The fourth-order valence-electron chi connectivity index (χ4n) is 2.23. The lowest BCUT2D eigenvalue weighted by Gasteiger charge is -2.37. The van der Waals surface area contributed by atoms with Gasteiger partial charge < -0.3 is 15.0 Å². The quantitative estimate of drug-likeness (QED) is 0.697. The number of rotatable bonds is 3. The van der Waals surface area contributed by atoms with Crippen molar-refractivity contribution in [3.8, 4) is 0 Å². The SMILES string of the molecule is CC(C)C(C1COCCN1)N(C)C. The Morgan fingerprint density at radius 2 is 2.08 bits per heavy atom. The third kappa shape index (κ3) is 2.93. The highest BCUT2D eigenvalue weighted by atomic mass is 16.5. The van der Waals surface area contributed by atoms with Crippen LogP contribution in [0.3, 0.4) is 0 Å². The molecule has 0 spiro atoms. The van der Waals surface area contributed by atoms with Crippen molar-refractivity contribution in [1.29, 1.82) is 0 Å². The van der Waals surface area contributed by atoms with E-state index in [0.29, 0.717) is 18.0 Å². The van der Waals surface area contributed by atoms with Gasteiger partial charge in [0.2, 0.25) is 0 Å². The standard InChI is InChI=1S/C10H22N2O/c1-8(2)10(12(3)4)9-7-13-6-5-11-9/h8-11H,5-7H2,1-4H3. The first-order valence-electron chi connectivity index (χ1n) is 5.10. The molecule has 1 fully saturated rings. The van der Waals surface area contributed by atoms with E-state index < -0.39 is 0 Å². The summed E-state index contributed by atoms with van der Waals surface area (Å²) in [6, 6.07) is 1.06. The summed E-state index contributed by atoms with van der Waals surface area (Å²) in [5.74, 6) is 0.661. The summed E-state index contributed by atoms with van der Waals surface area (Å²) >= 11 is 0. The van der Waals surface area contributed by atoms with Crippen LogP contribution in [0.1, 0.15) is 13.8 Å². The molecule has 2 unspecified atom stereocenters. The minimum atomic E-state index is 0.490. The van der Waals surface area contributed by atoms with Crippen molar-refractivity contribution in [2.45, 2.75) is 25.9 Å². The van der Waals surface area contributed by atoms with Gasteiger partial charge in [0, 0.05) is 18.6 Å². The molecule has 0 aromatic rings. The smallest absolute Gasteiger partial charge is 0.0635 e. The zero-order chi connectivity index (χ0) is 9.84. The van der Waals surface area contributed by atoms with Gasteiger partial charge in [-0.2, -0.15) is 0 Å². The third-order valence-electron chi connectivity index (χ3n) is 2.64. The van der Waals surface area contributed by atoms with E-state index in [4.69, 9.17) is 4.74 Å². The first-order valence-corrected chi connectivity index (χ1v) is 5.10. The van der Waals surface area contributed by atoms with E-state index >= 15 is 0 Å². The number of likely N-dealkylation sites (N-methyl/N-ethyl adjacent to an activating group) is 1. The van der Waals surface area contributed by atoms with E-state index in [2.05, 4.69) is 38.2 Å².